The van der Waals surface area contributed by atoms with Gasteiger partial charge in [0.25, 0.3) is 0 Å². The highest BCUT2D eigenvalue weighted by Crippen LogP contribution is 2.36. The van der Waals surface area contributed by atoms with Crippen molar-refractivity contribution in [3.05, 3.63) is 56.8 Å². The monoisotopic (exact) mass is 308 g/mol. The molecule has 0 amide bonds. The molecule has 5 nitrogen and oxygen atoms in total. The minimum absolute atomic E-state index is 0.0267. The Morgan fingerprint density at radius 1 is 1.33 bits per heavy atom. The summed E-state index contributed by atoms with van der Waals surface area (Å²) >= 11 is 3.28. The summed E-state index contributed by atoms with van der Waals surface area (Å²) in [4.78, 5) is 14.5. The summed E-state index contributed by atoms with van der Waals surface area (Å²) < 4.78 is 6.19. The standard InChI is InChI=1S/C12H9BrN2O3/c1-8-3-2-4-11(12(8)15(16)17)18-10-5-6-14-7-9(10)13/h2-7H,1H3. The summed E-state index contributed by atoms with van der Waals surface area (Å²) in [5.41, 5.74) is 0.531. The minimum atomic E-state index is -0.445. The van der Waals surface area contributed by atoms with Gasteiger partial charge in [0.05, 0.1) is 9.40 Å². The molecule has 0 bridgehead atoms. The molecular weight excluding hydrogens is 300 g/mol. The normalized spacial score (nSPS) is 10.1. The number of aromatic nitrogens is 1. The number of ether oxygens (including phenoxy) is 1. The number of rotatable bonds is 3. The maximum absolute atomic E-state index is 11.0. The van der Waals surface area contributed by atoms with Crippen molar-refractivity contribution in [2.24, 2.45) is 0 Å². The summed E-state index contributed by atoms with van der Waals surface area (Å²) in [6.07, 6.45) is 3.12. The van der Waals surface area contributed by atoms with Crippen LogP contribution in [0.4, 0.5) is 5.69 Å². The molecule has 92 valence electrons. The van der Waals surface area contributed by atoms with Crippen LogP contribution in [0.2, 0.25) is 0 Å². The third-order valence-electron chi connectivity index (χ3n) is 2.34. The number of nitro groups is 1. The summed E-state index contributed by atoms with van der Waals surface area (Å²) in [7, 11) is 0. The highest BCUT2D eigenvalue weighted by Gasteiger charge is 2.19. The molecule has 0 radical (unpaired) electrons. The Kier molecular flexibility index (Phi) is 3.57. The lowest BCUT2D eigenvalue weighted by atomic mass is 10.2. The van der Waals surface area contributed by atoms with Gasteiger partial charge in [0.15, 0.2) is 0 Å². The van der Waals surface area contributed by atoms with Crippen molar-refractivity contribution in [2.45, 2.75) is 6.92 Å². The van der Waals surface area contributed by atoms with E-state index in [0.717, 1.165) is 0 Å². The first-order valence-corrected chi connectivity index (χ1v) is 5.90. The van der Waals surface area contributed by atoms with Gasteiger partial charge in [-0.15, -0.1) is 0 Å². The van der Waals surface area contributed by atoms with E-state index >= 15 is 0 Å². The number of hydrogen-bond acceptors (Lipinski definition) is 4. The van der Waals surface area contributed by atoms with Crippen molar-refractivity contribution in [1.82, 2.24) is 4.98 Å². The Labute approximate surface area is 112 Å². The second-order valence-electron chi connectivity index (χ2n) is 3.59. The molecule has 1 aromatic carbocycles. The summed E-state index contributed by atoms with van der Waals surface area (Å²) in [6.45, 7) is 1.67. The lowest BCUT2D eigenvalue weighted by Crippen LogP contribution is -1.96. The number of halogens is 1. The molecule has 0 unspecified atom stereocenters. The van der Waals surface area contributed by atoms with E-state index in [9.17, 15) is 10.1 Å². The fourth-order valence-electron chi connectivity index (χ4n) is 1.51. The van der Waals surface area contributed by atoms with E-state index in [4.69, 9.17) is 4.74 Å². The topological polar surface area (TPSA) is 65.3 Å². The maximum Gasteiger partial charge on any atom is 0.314 e. The van der Waals surface area contributed by atoms with Gasteiger partial charge in [-0.05, 0) is 28.9 Å². The molecule has 0 saturated carbocycles. The summed E-state index contributed by atoms with van der Waals surface area (Å²) in [5.74, 6) is 0.700. The molecule has 1 heterocycles. The SMILES string of the molecule is Cc1cccc(Oc2ccncc2Br)c1[N+](=O)[O-]. The van der Waals surface area contributed by atoms with Gasteiger partial charge < -0.3 is 4.74 Å². The van der Waals surface area contributed by atoms with Crippen LogP contribution in [0.3, 0.4) is 0 Å². The number of aryl methyl sites for hydroxylation is 1. The third kappa shape index (κ3) is 2.48. The number of nitrogens with zero attached hydrogens (tertiary/aromatic N) is 2. The van der Waals surface area contributed by atoms with Gasteiger partial charge in [0, 0.05) is 24.0 Å². The number of hydrogen-bond donors (Lipinski definition) is 0. The van der Waals surface area contributed by atoms with E-state index < -0.39 is 4.92 Å². The first-order chi connectivity index (χ1) is 8.59. The van der Waals surface area contributed by atoms with E-state index in [2.05, 4.69) is 20.9 Å². The van der Waals surface area contributed by atoms with Gasteiger partial charge in [-0.1, -0.05) is 12.1 Å². The van der Waals surface area contributed by atoms with Gasteiger partial charge in [-0.25, -0.2) is 0 Å². The Morgan fingerprint density at radius 2 is 2.11 bits per heavy atom. The van der Waals surface area contributed by atoms with Crippen LogP contribution >= 0.6 is 15.9 Å². The Balaban J connectivity index is 2.44. The van der Waals surface area contributed by atoms with Crippen LogP contribution in [0.15, 0.2) is 41.1 Å². The van der Waals surface area contributed by atoms with Crippen molar-refractivity contribution in [2.75, 3.05) is 0 Å². The Morgan fingerprint density at radius 3 is 2.78 bits per heavy atom. The predicted octanol–water partition coefficient (Wildman–Crippen LogP) is 3.85. The number of para-hydroxylation sites is 1. The molecule has 6 heteroatoms. The zero-order valence-corrected chi connectivity index (χ0v) is 11.0. The smallest absolute Gasteiger partial charge is 0.314 e. The van der Waals surface area contributed by atoms with Crippen LogP contribution < -0.4 is 4.74 Å². The second-order valence-corrected chi connectivity index (χ2v) is 4.44. The fraction of sp³-hybridized carbons (Fsp3) is 0.0833. The van der Waals surface area contributed by atoms with Crippen LogP contribution in [0.1, 0.15) is 5.56 Å². The molecule has 0 spiro atoms. The zero-order chi connectivity index (χ0) is 13.1. The summed E-state index contributed by atoms with van der Waals surface area (Å²) in [6, 6.07) is 6.59. The molecule has 0 aliphatic heterocycles. The molecule has 0 atom stereocenters. The highest BCUT2D eigenvalue weighted by molar-refractivity contribution is 9.10. The fourth-order valence-corrected chi connectivity index (χ4v) is 1.84. The first-order valence-electron chi connectivity index (χ1n) is 5.11. The lowest BCUT2D eigenvalue weighted by Gasteiger charge is -2.08. The van der Waals surface area contributed by atoms with Crippen LogP contribution in [0.25, 0.3) is 0 Å². The Bertz CT molecular complexity index is 602. The van der Waals surface area contributed by atoms with E-state index in [-0.39, 0.29) is 11.4 Å². The summed E-state index contributed by atoms with van der Waals surface area (Å²) in [5, 5.41) is 11.0. The van der Waals surface area contributed by atoms with Crippen LogP contribution in [0, 0.1) is 17.0 Å². The number of nitro benzene ring substituents is 1. The van der Waals surface area contributed by atoms with Crippen LogP contribution in [0.5, 0.6) is 11.5 Å². The molecule has 0 fully saturated rings. The van der Waals surface area contributed by atoms with Crippen molar-refractivity contribution in [3.63, 3.8) is 0 Å². The number of pyridine rings is 1. The molecular formula is C12H9BrN2O3. The van der Waals surface area contributed by atoms with Crippen LogP contribution in [-0.2, 0) is 0 Å². The second kappa shape index (κ2) is 5.14. The molecule has 0 N–H and O–H groups in total. The molecule has 2 aromatic rings. The van der Waals surface area contributed by atoms with Gasteiger partial charge >= 0.3 is 5.69 Å². The van der Waals surface area contributed by atoms with E-state index in [1.807, 2.05) is 0 Å². The molecule has 1 aromatic heterocycles. The third-order valence-corrected chi connectivity index (χ3v) is 2.93. The van der Waals surface area contributed by atoms with Crippen molar-refractivity contribution >= 4 is 21.6 Å². The average Bonchev–Trinajstić information content (AvgIpc) is 2.31. The van der Waals surface area contributed by atoms with Gasteiger partial charge in [0.2, 0.25) is 5.75 Å². The average molecular weight is 309 g/mol. The lowest BCUT2D eigenvalue weighted by molar-refractivity contribution is -0.386. The highest BCUT2D eigenvalue weighted by atomic mass is 79.9. The largest absolute Gasteiger partial charge is 0.449 e. The zero-order valence-electron chi connectivity index (χ0n) is 9.46. The van der Waals surface area contributed by atoms with Crippen LogP contribution in [-0.4, -0.2) is 9.91 Å². The molecule has 2 rings (SSSR count). The molecule has 0 aliphatic carbocycles. The van der Waals surface area contributed by atoms with Gasteiger partial charge in [0.1, 0.15) is 5.75 Å². The quantitative estimate of drug-likeness (QED) is 0.638. The number of benzene rings is 1. The molecule has 0 aliphatic rings. The molecule has 18 heavy (non-hydrogen) atoms. The predicted molar refractivity (Wildman–Crippen MR) is 69.8 cm³/mol. The van der Waals surface area contributed by atoms with Gasteiger partial charge in [-0.2, -0.15) is 0 Å². The molecule has 0 saturated heterocycles. The van der Waals surface area contributed by atoms with E-state index in [0.29, 0.717) is 15.8 Å². The van der Waals surface area contributed by atoms with Crippen molar-refractivity contribution < 1.29 is 9.66 Å². The first kappa shape index (κ1) is 12.5. The Hall–Kier alpha value is -1.95. The van der Waals surface area contributed by atoms with Gasteiger partial charge in [-0.3, -0.25) is 15.1 Å². The van der Waals surface area contributed by atoms with E-state index in [1.165, 1.54) is 0 Å². The maximum atomic E-state index is 11.0. The van der Waals surface area contributed by atoms with E-state index in [1.54, 1.807) is 43.6 Å². The van der Waals surface area contributed by atoms with Crippen molar-refractivity contribution in [3.8, 4) is 11.5 Å². The van der Waals surface area contributed by atoms with Crippen molar-refractivity contribution in [1.29, 1.82) is 0 Å². The minimum Gasteiger partial charge on any atom is -0.449 e.